The Morgan fingerprint density at radius 3 is 2.89 bits per heavy atom. The van der Waals surface area contributed by atoms with Crippen molar-refractivity contribution in [2.75, 3.05) is 45.8 Å². The van der Waals surface area contributed by atoms with Gasteiger partial charge in [0, 0.05) is 25.7 Å². The second-order valence-corrected chi connectivity index (χ2v) is 5.94. The first kappa shape index (κ1) is 14.3. The normalized spacial score (nSPS) is 25.5. The van der Waals surface area contributed by atoms with E-state index in [2.05, 4.69) is 22.0 Å². The Morgan fingerprint density at radius 1 is 1.06 bits per heavy atom. The molecule has 106 valence electrons. The maximum atomic E-state index is 3.48. The van der Waals surface area contributed by atoms with E-state index >= 15 is 0 Å². The Balaban J connectivity index is 1.47. The molecule has 0 saturated carbocycles. The van der Waals surface area contributed by atoms with Gasteiger partial charge in [-0.05, 0) is 58.3 Å². The molecular weight excluding hydrogens is 222 g/mol. The number of nitrogens with zero attached hydrogens (tertiary/aromatic N) is 2. The number of hydrogen-bond acceptors (Lipinski definition) is 3. The zero-order valence-corrected chi connectivity index (χ0v) is 12.2. The first-order chi connectivity index (χ1) is 8.90. The van der Waals surface area contributed by atoms with Crippen molar-refractivity contribution in [2.45, 2.75) is 51.5 Å². The average molecular weight is 253 g/mol. The summed E-state index contributed by atoms with van der Waals surface area (Å²) in [5.41, 5.74) is 0. The maximum absolute atomic E-state index is 3.48. The molecule has 1 N–H and O–H groups in total. The van der Waals surface area contributed by atoms with Crippen LogP contribution in [0.2, 0.25) is 0 Å². The van der Waals surface area contributed by atoms with Crippen molar-refractivity contribution in [2.24, 2.45) is 0 Å². The molecule has 2 rings (SSSR count). The topological polar surface area (TPSA) is 18.5 Å². The van der Waals surface area contributed by atoms with Gasteiger partial charge in [-0.15, -0.1) is 0 Å². The number of rotatable bonds is 8. The zero-order chi connectivity index (χ0) is 12.6. The highest BCUT2D eigenvalue weighted by molar-refractivity contribution is 4.86. The van der Waals surface area contributed by atoms with Crippen LogP contribution in [0.15, 0.2) is 0 Å². The highest BCUT2D eigenvalue weighted by Crippen LogP contribution is 2.21. The third-order valence-corrected chi connectivity index (χ3v) is 4.43. The summed E-state index contributed by atoms with van der Waals surface area (Å²) in [5.74, 6) is 0. The Morgan fingerprint density at radius 2 is 2.00 bits per heavy atom. The fourth-order valence-corrected chi connectivity index (χ4v) is 3.32. The van der Waals surface area contributed by atoms with Crippen LogP contribution < -0.4 is 5.32 Å². The summed E-state index contributed by atoms with van der Waals surface area (Å²) < 4.78 is 0. The van der Waals surface area contributed by atoms with E-state index < -0.39 is 0 Å². The molecular formula is C15H31N3. The van der Waals surface area contributed by atoms with E-state index in [0.29, 0.717) is 0 Å². The highest BCUT2D eigenvalue weighted by atomic mass is 15.3. The standard InChI is InChI=1S/C15H31N3/c1-2-8-16-9-4-3-5-10-17-12-13-18-11-6-7-15(18)14-17/h15-16H,2-14H2,1H3. The van der Waals surface area contributed by atoms with Gasteiger partial charge < -0.3 is 10.2 Å². The molecule has 0 radical (unpaired) electrons. The minimum Gasteiger partial charge on any atom is -0.317 e. The van der Waals surface area contributed by atoms with Gasteiger partial charge in [0.25, 0.3) is 0 Å². The number of hydrogen-bond donors (Lipinski definition) is 1. The third-order valence-electron chi connectivity index (χ3n) is 4.43. The summed E-state index contributed by atoms with van der Waals surface area (Å²) in [6.07, 6.45) is 8.26. The summed E-state index contributed by atoms with van der Waals surface area (Å²) in [5, 5.41) is 3.48. The Bertz CT molecular complexity index is 220. The second kappa shape index (κ2) is 8.13. The van der Waals surface area contributed by atoms with Gasteiger partial charge in [-0.25, -0.2) is 0 Å². The summed E-state index contributed by atoms with van der Waals surface area (Å²) in [6, 6.07) is 0.893. The van der Waals surface area contributed by atoms with Crippen LogP contribution in [0, 0.1) is 0 Å². The largest absolute Gasteiger partial charge is 0.317 e. The van der Waals surface area contributed by atoms with Gasteiger partial charge in [0.15, 0.2) is 0 Å². The molecule has 2 saturated heterocycles. The maximum Gasteiger partial charge on any atom is 0.0224 e. The Labute approximate surface area is 113 Å². The average Bonchev–Trinajstić information content (AvgIpc) is 2.85. The van der Waals surface area contributed by atoms with Crippen molar-refractivity contribution in [1.29, 1.82) is 0 Å². The predicted molar refractivity (Wildman–Crippen MR) is 78.0 cm³/mol. The zero-order valence-electron chi connectivity index (χ0n) is 12.2. The molecule has 3 heteroatoms. The summed E-state index contributed by atoms with van der Waals surface area (Å²) in [4.78, 5) is 5.40. The molecule has 0 spiro atoms. The molecule has 0 amide bonds. The van der Waals surface area contributed by atoms with Crippen LogP contribution in [0.5, 0.6) is 0 Å². The molecule has 0 bridgehead atoms. The SMILES string of the molecule is CCCNCCCCCN1CCN2CCCC2C1. The molecule has 2 fully saturated rings. The summed E-state index contributed by atoms with van der Waals surface area (Å²) >= 11 is 0. The van der Waals surface area contributed by atoms with Gasteiger partial charge in [0.2, 0.25) is 0 Å². The van der Waals surface area contributed by atoms with Crippen LogP contribution in [0.4, 0.5) is 0 Å². The predicted octanol–water partition coefficient (Wildman–Crippen LogP) is 1.94. The smallest absolute Gasteiger partial charge is 0.0224 e. The molecule has 0 aliphatic carbocycles. The molecule has 2 aliphatic heterocycles. The highest BCUT2D eigenvalue weighted by Gasteiger charge is 2.29. The molecule has 0 aromatic heterocycles. The van der Waals surface area contributed by atoms with Gasteiger partial charge in [-0.3, -0.25) is 4.90 Å². The van der Waals surface area contributed by atoms with Crippen molar-refractivity contribution in [3.05, 3.63) is 0 Å². The van der Waals surface area contributed by atoms with Crippen molar-refractivity contribution in [3.63, 3.8) is 0 Å². The monoisotopic (exact) mass is 253 g/mol. The van der Waals surface area contributed by atoms with Crippen LogP contribution in [0.25, 0.3) is 0 Å². The van der Waals surface area contributed by atoms with Crippen LogP contribution in [0.3, 0.4) is 0 Å². The minimum absolute atomic E-state index is 0.893. The van der Waals surface area contributed by atoms with E-state index in [1.807, 2.05) is 0 Å². The Kier molecular flexibility index (Phi) is 6.46. The van der Waals surface area contributed by atoms with Gasteiger partial charge in [-0.1, -0.05) is 13.3 Å². The van der Waals surface area contributed by atoms with E-state index in [1.165, 1.54) is 84.3 Å². The van der Waals surface area contributed by atoms with Crippen molar-refractivity contribution < 1.29 is 0 Å². The van der Waals surface area contributed by atoms with Gasteiger partial charge in [0.05, 0.1) is 0 Å². The van der Waals surface area contributed by atoms with E-state index in [0.717, 1.165) is 6.04 Å². The molecule has 2 aliphatic rings. The number of nitrogens with one attached hydrogen (secondary N) is 1. The van der Waals surface area contributed by atoms with Gasteiger partial charge >= 0.3 is 0 Å². The molecule has 18 heavy (non-hydrogen) atoms. The number of fused-ring (bicyclic) bond motifs is 1. The van der Waals surface area contributed by atoms with Crippen molar-refractivity contribution in [3.8, 4) is 0 Å². The lowest BCUT2D eigenvalue weighted by Gasteiger charge is -2.37. The van der Waals surface area contributed by atoms with Crippen molar-refractivity contribution >= 4 is 0 Å². The lowest BCUT2D eigenvalue weighted by Crippen LogP contribution is -2.50. The fourth-order valence-electron chi connectivity index (χ4n) is 3.32. The Hall–Kier alpha value is -0.120. The minimum atomic E-state index is 0.893. The van der Waals surface area contributed by atoms with E-state index in [-0.39, 0.29) is 0 Å². The molecule has 1 atom stereocenters. The van der Waals surface area contributed by atoms with Crippen LogP contribution in [-0.2, 0) is 0 Å². The molecule has 0 aromatic carbocycles. The second-order valence-electron chi connectivity index (χ2n) is 5.94. The molecule has 2 heterocycles. The number of piperazine rings is 1. The lowest BCUT2D eigenvalue weighted by atomic mass is 10.1. The van der Waals surface area contributed by atoms with Crippen LogP contribution >= 0.6 is 0 Å². The molecule has 3 nitrogen and oxygen atoms in total. The van der Waals surface area contributed by atoms with E-state index in [1.54, 1.807) is 0 Å². The lowest BCUT2D eigenvalue weighted by molar-refractivity contribution is 0.103. The van der Waals surface area contributed by atoms with E-state index in [9.17, 15) is 0 Å². The van der Waals surface area contributed by atoms with E-state index in [4.69, 9.17) is 0 Å². The summed E-state index contributed by atoms with van der Waals surface area (Å²) in [7, 11) is 0. The van der Waals surface area contributed by atoms with Crippen LogP contribution in [-0.4, -0.2) is 61.7 Å². The van der Waals surface area contributed by atoms with Crippen molar-refractivity contribution in [1.82, 2.24) is 15.1 Å². The first-order valence-corrected chi connectivity index (χ1v) is 8.07. The molecule has 1 unspecified atom stereocenters. The third kappa shape index (κ3) is 4.52. The quantitative estimate of drug-likeness (QED) is 0.667. The van der Waals surface area contributed by atoms with Crippen LogP contribution in [0.1, 0.15) is 45.4 Å². The number of unbranched alkanes of at least 4 members (excludes halogenated alkanes) is 2. The first-order valence-electron chi connectivity index (χ1n) is 8.07. The summed E-state index contributed by atoms with van der Waals surface area (Å²) in [6.45, 7) is 11.3. The fraction of sp³-hybridized carbons (Fsp3) is 1.00. The van der Waals surface area contributed by atoms with Gasteiger partial charge in [0.1, 0.15) is 0 Å². The molecule has 0 aromatic rings. The van der Waals surface area contributed by atoms with Gasteiger partial charge in [-0.2, -0.15) is 0 Å².